The highest BCUT2D eigenvalue weighted by atomic mass is 32.2. The van der Waals surface area contributed by atoms with Gasteiger partial charge in [0.1, 0.15) is 0 Å². The summed E-state index contributed by atoms with van der Waals surface area (Å²) in [6.45, 7) is 0. The van der Waals surface area contributed by atoms with Crippen LogP contribution in [0.4, 0.5) is 0 Å². The van der Waals surface area contributed by atoms with E-state index in [4.69, 9.17) is 9.47 Å². The van der Waals surface area contributed by atoms with Gasteiger partial charge in [-0.05, 0) is 12.1 Å². The van der Waals surface area contributed by atoms with E-state index in [1.807, 2.05) is 24.3 Å². The van der Waals surface area contributed by atoms with Crippen molar-refractivity contribution < 1.29 is 9.47 Å². The van der Waals surface area contributed by atoms with Crippen LogP contribution in [0, 0.1) is 0 Å². The van der Waals surface area contributed by atoms with E-state index in [0.717, 1.165) is 16.2 Å². The number of nitrogens with one attached hydrogen (secondary N) is 1. The lowest BCUT2D eigenvalue weighted by molar-refractivity contribution is -0.0842. The Morgan fingerprint density at radius 3 is 2.75 bits per heavy atom. The molecule has 0 saturated heterocycles. The Bertz CT molecular complexity index is 421. The van der Waals surface area contributed by atoms with Crippen molar-refractivity contribution in [3.05, 3.63) is 24.3 Å². The molecular weight excluding hydrogens is 224 g/mol. The Balaban J connectivity index is 2.04. The van der Waals surface area contributed by atoms with E-state index in [9.17, 15) is 0 Å². The van der Waals surface area contributed by atoms with E-state index >= 15 is 0 Å². The smallest absolute Gasteiger partial charge is 0.166 e. The number of hydrogen-bond donors (Lipinski definition) is 1. The van der Waals surface area contributed by atoms with Gasteiger partial charge in [-0.3, -0.25) is 0 Å². The number of rotatable bonds is 5. The van der Waals surface area contributed by atoms with Crippen LogP contribution >= 0.6 is 11.8 Å². The molecule has 0 aliphatic rings. The third-order valence-electron chi connectivity index (χ3n) is 2.25. The summed E-state index contributed by atoms with van der Waals surface area (Å²) in [5.41, 5.74) is 2.03. The molecule has 0 atom stereocenters. The number of ether oxygens (including phenoxy) is 2. The first-order valence-corrected chi connectivity index (χ1v) is 5.95. The summed E-state index contributed by atoms with van der Waals surface area (Å²) < 4.78 is 10.2. The van der Waals surface area contributed by atoms with Gasteiger partial charge < -0.3 is 14.5 Å². The maximum atomic E-state index is 5.11. The minimum absolute atomic E-state index is 0.196. The monoisotopic (exact) mass is 238 g/mol. The lowest BCUT2D eigenvalue weighted by Crippen LogP contribution is -2.15. The van der Waals surface area contributed by atoms with Crippen LogP contribution in [0.25, 0.3) is 11.0 Å². The Morgan fingerprint density at radius 2 is 2.06 bits per heavy atom. The second-order valence-electron chi connectivity index (χ2n) is 3.27. The number of para-hydroxylation sites is 2. The summed E-state index contributed by atoms with van der Waals surface area (Å²) in [7, 11) is 3.26. The molecule has 1 N–H and O–H groups in total. The van der Waals surface area contributed by atoms with E-state index in [0.29, 0.717) is 5.75 Å². The van der Waals surface area contributed by atoms with Gasteiger partial charge in [0.05, 0.1) is 16.8 Å². The standard InChI is InChI=1S/C11H14N2O2S/c1-14-10(15-2)7-16-11-12-8-5-3-4-6-9(8)13-11/h3-6,10H,7H2,1-2H3,(H,12,13). The van der Waals surface area contributed by atoms with E-state index in [-0.39, 0.29) is 6.29 Å². The molecule has 0 unspecified atom stereocenters. The van der Waals surface area contributed by atoms with Crippen molar-refractivity contribution in [2.24, 2.45) is 0 Å². The lowest BCUT2D eigenvalue weighted by atomic mass is 10.3. The number of imidazole rings is 1. The van der Waals surface area contributed by atoms with Gasteiger partial charge in [-0.1, -0.05) is 23.9 Å². The zero-order valence-corrected chi connectivity index (χ0v) is 10.1. The molecule has 0 spiro atoms. The van der Waals surface area contributed by atoms with Gasteiger partial charge in [0, 0.05) is 14.2 Å². The van der Waals surface area contributed by atoms with E-state index in [2.05, 4.69) is 9.97 Å². The second-order valence-corrected chi connectivity index (χ2v) is 4.28. The van der Waals surface area contributed by atoms with E-state index in [1.165, 1.54) is 0 Å². The molecule has 16 heavy (non-hydrogen) atoms. The van der Waals surface area contributed by atoms with Crippen LogP contribution in [0.1, 0.15) is 0 Å². The molecular formula is C11H14N2O2S. The average Bonchev–Trinajstić information content (AvgIpc) is 2.73. The number of aromatic amines is 1. The molecule has 1 aromatic heterocycles. The molecule has 1 aromatic carbocycles. The van der Waals surface area contributed by atoms with E-state index < -0.39 is 0 Å². The molecule has 0 aliphatic carbocycles. The minimum Gasteiger partial charge on any atom is -0.355 e. The number of benzene rings is 1. The normalized spacial score (nSPS) is 11.4. The van der Waals surface area contributed by atoms with Gasteiger partial charge in [0.25, 0.3) is 0 Å². The second kappa shape index (κ2) is 5.34. The fourth-order valence-corrected chi connectivity index (χ4v) is 2.29. The first-order chi connectivity index (χ1) is 7.83. The first-order valence-electron chi connectivity index (χ1n) is 4.96. The van der Waals surface area contributed by atoms with Gasteiger partial charge in [0.15, 0.2) is 11.4 Å². The van der Waals surface area contributed by atoms with Crippen molar-refractivity contribution in [2.75, 3.05) is 20.0 Å². The zero-order chi connectivity index (χ0) is 11.4. The maximum Gasteiger partial charge on any atom is 0.166 e. The van der Waals surface area contributed by atoms with Crippen molar-refractivity contribution >= 4 is 22.8 Å². The predicted molar refractivity (Wildman–Crippen MR) is 64.6 cm³/mol. The van der Waals surface area contributed by atoms with Gasteiger partial charge in [-0.15, -0.1) is 0 Å². The molecule has 0 amide bonds. The minimum atomic E-state index is -0.196. The average molecular weight is 238 g/mol. The van der Waals surface area contributed by atoms with Crippen LogP contribution in [0.2, 0.25) is 0 Å². The van der Waals surface area contributed by atoms with Gasteiger partial charge in [0.2, 0.25) is 0 Å². The molecule has 0 saturated carbocycles. The number of hydrogen-bond acceptors (Lipinski definition) is 4. The topological polar surface area (TPSA) is 47.1 Å². The highest BCUT2D eigenvalue weighted by Gasteiger charge is 2.08. The summed E-state index contributed by atoms with van der Waals surface area (Å²) in [5.74, 6) is 0.715. The zero-order valence-electron chi connectivity index (χ0n) is 9.27. The van der Waals surface area contributed by atoms with Crippen LogP contribution < -0.4 is 0 Å². The highest BCUT2D eigenvalue weighted by Crippen LogP contribution is 2.20. The van der Waals surface area contributed by atoms with Crippen molar-refractivity contribution in [1.82, 2.24) is 9.97 Å². The summed E-state index contributed by atoms with van der Waals surface area (Å²) in [4.78, 5) is 7.69. The lowest BCUT2D eigenvalue weighted by Gasteiger charge is -2.10. The van der Waals surface area contributed by atoms with Crippen LogP contribution in [-0.2, 0) is 9.47 Å². The predicted octanol–water partition coefficient (Wildman–Crippen LogP) is 2.27. The van der Waals surface area contributed by atoms with Crippen LogP contribution in [-0.4, -0.2) is 36.2 Å². The first kappa shape index (κ1) is 11.4. The maximum absolute atomic E-state index is 5.11. The summed E-state index contributed by atoms with van der Waals surface area (Å²) in [6.07, 6.45) is -0.196. The summed E-state index contributed by atoms with van der Waals surface area (Å²) >= 11 is 1.59. The number of fused-ring (bicyclic) bond motifs is 1. The van der Waals surface area contributed by atoms with Crippen molar-refractivity contribution in [3.8, 4) is 0 Å². The third kappa shape index (κ3) is 2.55. The molecule has 0 aliphatic heterocycles. The summed E-state index contributed by atoms with van der Waals surface area (Å²) in [6, 6.07) is 7.96. The molecule has 0 fully saturated rings. The fraction of sp³-hybridized carbons (Fsp3) is 0.364. The SMILES string of the molecule is COC(CSc1nc2ccccc2[nH]1)OC. The van der Waals surface area contributed by atoms with Crippen LogP contribution in [0.5, 0.6) is 0 Å². The Labute approximate surface area is 98.4 Å². The van der Waals surface area contributed by atoms with Crippen LogP contribution in [0.15, 0.2) is 29.4 Å². The number of aromatic nitrogens is 2. The quantitative estimate of drug-likeness (QED) is 0.641. The molecule has 1 heterocycles. The Hall–Kier alpha value is -1.04. The van der Waals surface area contributed by atoms with E-state index in [1.54, 1.807) is 26.0 Å². The molecule has 0 bridgehead atoms. The highest BCUT2D eigenvalue weighted by molar-refractivity contribution is 7.99. The summed E-state index contributed by atoms with van der Waals surface area (Å²) in [5, 5.41) is 0.889. The van der Waals surface area contributed by atoms with Crippen molar-refractivity contribution in [3.63, 3.8) is 0 Å². The number of nitrogens with zero attached hydrogens (tertiary/aromatic N) is 1. The molecule has 2 aromatic rings. The largest absolute Gasteiger partial charge is 0.355 e. The third-order valence-corrected chi connectivity index (χ3v) is 3.16. The fourth-order valence-electron chi connectivity index (χ4n) is 1.38. The Kier molecular flexibility index (Phi) is 3.82. The molecule has 2 rings (SSSR count). The molecule has 0 radical (unpaired) electrons. The number of H-pyrrole nitrogens is 1. The van der Waals surface area contributed by atoms with Crippen LogP contribution in [0.3, 0.4) is 0 Å². The molecule has 4 nitrogen and oxygen atoms in total. The van der Waals surface area contributed by atoms with Gasteiger partial charge in [-0.2, -0.15) is 0 Å². The number of thioether (sulfide) groups is 1. The number of methoxy groups -OCH3 is 2. The molecule has 5 heteroatoms. The Morgan fingerprint density at radius 1 is 1.31 bits per heavy atom. The van der Waals surface area contributed by atoms with Crippen molar-refractivity contribution in [1.29, 1.82) is 0 Å². The van der Waals surface area contributed by atoms with Crippen molar-refractivity contribution in [2.45, 2.75) is 11.4 Å². The van der Waals surface area contributed by atoms with Gasteiger partial charge >= 0.3 is 0 Å². The van der Waals surface area contributed by atoms with Gasteiger partial charge in [-0.25, -0.2) is 4.98 Å². The molecule has 86 valence electrons.